The summed E-state index contributed by atoms with van der Waals surface area (Å²) in [6.07, 6.45) is 7.40. The highest BCUT2D eigenvalue weighted by Gasteiger charge is 2.25. The number of nitrogens with zero attached hydrogens (tertiary/aromatic N) is 5. The third kappa shape index (κ3) is 4.84. The van der Waals surface area contributed by atoms with Gasteiger partial charge in [-0.15, -0.1) is 11.3 Å². The van der Waals surface area contributed by atoms with Gasteiger partial charge in [0.05, 0.1) is 16.9 Å². The molecule has 26 heavy (non-hydrogen) atoms. The topological polar surface area (TPSA) is 58.3 Å². The first-order valence-corrected chi connectivity index (χ1v) is 10.3. The van der Waals surface area contributed by atoms with E-state index in [-0.39, 0.29) is 0 Å². The number of aryl methyl sites for hydroxylation is 3. The van der Waals surface area contributed by atoms with Crippen molar-refractivity contribution in [1.29, 1.82) is 0 Å². The summed E-state index contributed by atoms with van der Waals surface area (Å²) in [5.74, 6) is 1.73. The summed E-state index contributed by atoms with van der Waals surface area (Å²) in [6, 6.07) is 0. The van der Waals surface area contributed by atoms with Gasteiger partial charge < -0.3 is 10.2 Å². The van der Waals surface area contributed by atoms with Gasteiger partial charge in [0, 0.05) is 50.7 Å². The highest BCUT2D eigenvalue weighted by molar-refractivity contribution is 7.11. The van der Waals surface area contributed by atoms with Crippen LogP contribution in [0.5, 0.6) is 0 Å². The van der Waals surface area contributed by atoms with Crippen LogP contribution in [0.15, 0.2) is 17.4 Å². The number of nitrogens with one attached hydrogen (secondary N) is 1. The third-order valence-electron chi connectivity index (χ3n) is 4.80. The van der Waals surface area contributed by atoms with E-state index in [0.717, 1.165) is 55.7 Å². The summed E-state index contributed by atoms with van der Waals surface area (Å²) in [4.78, 5) is 13.2. The van der Waals surface area contributed by atoms with Crippen LogP contribution in [0.4, 0.5) is 0 Å². The molecule has 1 saturated heterocycles. The molecule has 6 nitrogen and oxygen atoms in total. The highest BCUT2D eigenvalue weighted by Crippen LogP contribution is 2.21. The van der Waals surface area contributed by atoms with Crippen molar-refractivity contribution in [2.24, 2.45) is 18.0 Å². The average Bonchev–Trinajstić information content (AvgIpc) is 3.29. The van der Waals surface area contributed by atoms with E-state index in [4.69, 9.17) is 4.99 Å². The predicted molar refractivity (Wildman–Crippen MR) is 108 cm³/mol. The molecule has 142 valence electrons. The lowest BCUT2D eigenvalue weighted by atomic mass is 10.0. The minimum Gasteiger partial charge on any atom is -0.357 e. The summed E-state index contributed by atoms with van der Waals surface area (Å²) in [5.41, 5.74) is 2.49. The number of likely N-dealkylation sites (tertiary alicyclic amines) is 1. The van der Waals surface area contributed by atoms with Crippen LogP contribution in [-0.2, 0) is 19.9 Å². The van der Waals surface area contributed by atoms with E-state index in [2.05, 4.69) is 47.3 Å². The molecule has 1 fully saturated rings. The first-order chi connectivity index (χ1) is 12.5. The van der Waals surface area contributed by atoms with Gasteiger partial charge in [-0.3, -0.25) is 9.67 Å². The normalized spacial score (nSPS) is 17.9. The first kappa shape index (κ1) is 18.9. The van der Waals surface area contributed by atoms with Crippen LogP contribution in [0.3, 0.4) is 0 Å². The number of thiazole rings is 1. The Labute approximate surface area is 160 Å². The van der Waals surface area contributed by atoms with Gasteiger partial charge in [0.15, 0.2) is 5.96 Å². The lowest BCUT2D eigenvalue weighted by molar-refractivity contribution is 0.460. The van der Waals surface area contributed by atoms with Crippen molar-refractivity contribution in [2.45, 2.75) is 40.0 Å². The fourth-order valence-electron chi connectivity index (χ4n) is 3.60. The Morgan fingerprint density at radius 1 is 1.42 bits per heavy atom. The number of guanidine groups is 1. The Morgan fingerprint density at radius 3 is 2.92 bits per heavy atom. The predicted octanol–water partition coefficient (Wildman–Crippen LogP) is 2.57. The molecule has 3 heterocycles. The molecule has 0 spiro atoms. The number of aromatic nitrogens is 3. The number of hydrogen-bond donors (Lipinski definition) is 1. The number of hydrogen-bond acceptors (Lipinski definition) is 4. The fraction of sp³-hybridized carbons (Fsp3) is 0.632. The summed E-state index contributed by atoms with van der Waals surface area (Å²) in [5, 5.41) is 8.89. The number of rotatable bonds is 6. The molecule has 0 bridgehead atoms. The van der Waals surface area contributed by atoms with Gasteiger partial charge in [0.25, 0.3) is 0 Å². The summed E-state index contributed by atoms with van der Waals surface area (Å²) in [6.45, 7) is 10.2. The molecule has 1 atom stereocenters. The molecule has 0 aliphatic carbocycles. The first-order valence-electron chi connectivity index (χ1n) is 9.48. The van der Waals surface area contributed by atoms with E-state index in [1.807, 2.05) is 17.9 Å². The zero-order valence-electron chi connectivity index (χ0n) is 16.3. The SMILES string of the molecule is CCNC(=NCCc1sc(C)nc1C)N1CCC(Cc2cnn(C)c2)C1. The van der Waals surface area contributed by atoms with Crippen molar-refractivity contribution in [3.63, 3.8) is 0 Å². The van der Waals surface area contributed by atoms with Crippen LogP contribution in [0, 0.1) is 19.8 Å². The molecular weight excluding hydrogens is 344 g/mol. The van der Waals surface area contributed by atoms with E-state index in [0.29, 0.717) is 5.92 Å². The van der Waals surface area contributed by atoms with E-state index >= 15 is 0 Å². The monoisotopic (exact) mass is 374 g/mol. The van der Waals surface area contributed by atoms with Crippen molar-refractivity contribution in [2.75, 3.05) is 26.2 Å². The van der Waals surface area contributed by atoms with Crippen LogP contribution < -0.4 is 5.32 Å². The Balaban J connectivity index is 1.56. The molecule has 1 aliphatic rings. The molecule has 7 heteroatoms. The highest BCUT2D eigenvalue weighted by atomic mass is 32.1. The van der Waals surface area contributed by atoms with Gasteiger partial charge in [-0.05, 0) is 45.1 Å². The van der Waals surface area contributed by atoms with E-state index in [1.54, 1.807) is 11.3 Å². The zero-order valence-corrected chi connectivity index (χ0v) is 17.1. The Hall–Kier alpha value is -1.89. The van der Waals surface area contributed by atoms with Crippen LogP contribution in [0.2, 0.25) is 0 Å². The molecule has 0 amide bonds. The summed E-state index contributed by atoms with van der Waals surface area (Å²) < 4.78 is 1.89. The minimum atomic E-state index is 0.675. The van der Waals surface area contributed by atoms with Crippen LogP contribution in [-0.4, -0.2) is 51.8 Å². The molecule has 1 unspecified atom stereocenters. The van der Waals surface area contributed by atoms with E-state index in [9.17, 15) is 0 Å². The van der Waals surface area contributed by atoms with Crippen molar-refractivity contribution in [1.82, 2.24) is 25.0 Å². The van der Waals surface area contributed by atoms with Crippen molar-refractivity contribution >= 4 is 17.3 Å². The van der Waals surface area contributed by atoms with Crippen LogP contribution >= 0.6 is 11.3 Å². The lowest BCUT2D eigenvalue weighted by Gasteiger charge is -2.21. The molecule has 1 aliphatic heterocycles. The smallest absolute Gasteiger partial charge is 0.193 e. The Kier molecular flexibility index (Phi) is 6.29. The van der Waals surface area contributed by atoms with Gasteiger partial charge in [-0.1, -0.05) is 0 Å². The second-order valence-corrected chi connectivity index (χ2v) is 8.34. The lowest BCUT2D eigenvalue weighted by Crippen LogP contribution is -2.40. The summed E-state index contributed by atoms with van der Waals surface area (Å²) in [7, 11) is 1.98. The van der Waals surface area contributed by atoms with Crippen molar-refractivity contribution in [3.8, 4) is 0 Å². The summed E-state index contributed by atoms with van der Waals surface area (Å²) >= 11 is 1.79. The molecule has 1 N–H and O–H groups in total. The molecule has 0 saturated carbocycles. The van der Waals surface area contributed by atoms with E-state index in [1.165, 1.54) is 16.9 Å². The van der Waals surface area contributed by atoms with Crippen LogP contribution in [0.1, 0.15) is 34.5 Å². The maximum absolute atomic E-state index is 4.88. The molecule has 3 rings (SSSR count). The van der Waals surface area contributed by atoms with E-state index < -0.39 is 0 Å². The maximum atomic E-state index is 4.88. The zero-order chi connectivity index (χ0) is 18.5. The van der Waals surface area contributed by atoms with Gasteiger partial charge in [-0.2, -0.15) is 5.10 Å². The molecule has 0 aromatic carbocycles. The standard InChI is InChI=1S/C19H30N6S/c1-5-20-19(21-8-6-18-14(2)23-15(3)26-18)25-9-7-16(13-25)10-17-11-22-24(4)12-17/h11-12,16H,5-10,13H2,1-4H3,(H,20,21). The number of aliphatic imine (C=N–C) groups is 1. The largest absolute Gasteiger partial charge is 0.357 e. The fourth-order valence-corrected chi connectivity index (χ4v) is 4.52. The van der Waals surface area contributed by atoms with Gasteiger partial charge in [0.1, 0.15) is 0 Å². The molecule has 0 radical (unpaired) electrons. The second kappa shape index (κ2) is 8.66. The average molecular weight is 375 g/mol. The Morgan fingerprint density at radius 2 is 2.27 bits per heavy atom. The van der Waals surface area contributed by atoms with Crippen LogP contribution in [0.25, 0.3) is 0 Å². The van der Waals surface area contributed by atoms with Crippen molar-refractivity contribution in [3.05, 3.63) is 33.5 Å². The quantitative estimate of drug-likeness (QED) is 0.624. The minimum absolute atomic E-state index is 0.675. The maximum Gasteiger partial charge on any atom is 0.193 e. The molecular formula is C19H30N6S. The third-order valence-corrected chi connectivity index (χ3v) is 5.94. The van der Waals surface area contributed by atoms with Gasteiger partial charge in [0.2, 0.25) is 0 Å². The van der Waals surface area contributed by atoms with Gasteiger partial charge >= 0.3 is 0 Å². The second-order valence-electron chi connectivity index (χ2n) is 7.05. The van der Waals surface area contributed by atoms with Gasteiger partial charge in [-0.25, -0.2) is 4.98 Å². The Bertz CT molecular complexity index is 747. The molecule has 2 aromatic rings. The molecule has 2 aromatic heterocycles. The van der Waals surface area contributed by atoms with Crippen molar-refractivity contribution < 1.29 is 0 Å².